The number of nitrogens with zero attached hydrogens (tertiary/aromatic N) is 2. The maximum Gasteiger partial charge on any atom is 0.0681 e. The lowest BCUT2D eigenvalue weighted by Crippen LogP contribution is -1.95. The van der Waals surface area contributed by atoms with Gasteiger partial charge in [0.15, 0.2) is 0 Å². The summed E-state index contributed by atoms with van der Waals surface area (Å²) in [5, 5.41) is 4.60. The van der Waals surface area contributed by atoms with Gasteiger partial charge in [0, 0.05) is 13.5 Å². The van der Waals surface area contributed by atoms with Crippen LogP contribution in [0.5, 0.6) is 0 Å². The third-order valence-electron chi connectivity index (χ3n) is 3.23. The van der Waals surface area contributed by atoms with Crippen molar-refractivity contribution in [3.05, 3.63) is 78.0 Å². The summed E-state index contributed by atoms with van der Waals surface area (Å²) in [7, 11) is 2.00. The average molecular weight is 248 g/mol. The summed E-state index contributed by atoms with van der Waals surface area (Å²) in [6.45, 7) is 0. The van der Waals surface area contributed by atoms with Crippen LogP contribution >= 0.6 is 0 Å². The minimum Gasteiger partial charge on any atom is -0.268 e. The van der Waals surface area contributed by atoms with Crippen LogP contribution in [-0.2, 0) is 13.5 Å². The van der Waals surface area contributed by atoms with E-state index in [0.717, 1.165) is 17.8 Å². The van der Waals surface area contributed by atoms with E-state index in [9.17, 15) is 0 Å². The van der Waals surface area contributed by atoms with Crippen molar-refractivity contribution in [1.82, 2.24) is 9.78 Å². The summed E-state index contributed by atoms with van der Waals surface area (Å²) < 4.78 is 1.95. The molecule has 0 saturated carbocycles. The second kappa shape index (κ2) is 5.11. The van der Waals surface area contributed by atoms with Crippen LogP contribution in [0.1, 0.15) is 11.3 Å². The summed E-state index contributed by atoms with van der Waals surface area (Å²) in [5.74, 6) is 0. The van der Waals surface area contributed by atoms with Crippen LogP contribution in [0, 0.1) is 0 Å². The molecule has 0 saturated heterocycles. The molecule has 0 unspecified atom stereocenters. The molecule has 3 aromatic rings. The molecule has 0 amide bonds. The van der Waals surface area contributed by atoms with Gasteiger partial charge in [-0.1, -0.05) is 60.7 Å². The zero-order valence-electron chi connectivity index (χ0n) is 11.0. The van der Waals surface area contributed by atoms with Gasteiger partial charge in [-0.15, -0.1) is 0 Å². The SMILES string of the molecule is Cn1nc(Cc2ccccc2)cc1-c1ccccc1. The number of aryl methyl sites for hydroxylation is 1. The number of hydrogen-bond donors (Lipinski definition) is 0. The molecule has 0 aliphatic heterocycles. The van der Waals surface area contributed by atoms with Crippen molar-refractivity contribution in [2.75, 3.05) is 0 Å². The molecule has 2 heteroatoms. The summed E-state index contributed by atoms with van der Waals surface area (Å²) in [6, 6.07) is 23.0. The molecule has 0 fully saturated rings. The monoisotopic (exact) mass is 248 g/mol. The molecule has 2 aromatic carbocycles. The molecule has 0 aliphatic carbocycles. The number of aromatic nitrogens is 2. The molecule has 0 aliphatic rings. The highest BCUT2D eigenvalue weighted by Crippen LogP contribution is 2.20. The van der Waals surface area contributed by atoms with Crippen LogP contribution in [0.2, 0.25) is 0 Å². The molecule has 0 radical (unpaired) electrons. The first-order valence-corrected chi connectivity index (χ1v) is 6.45. The Labute approximate surface area is 113 Å². The van der Waals surface area contributed by atoms with Crippen molar-refractivity contribution in [3.8, 4) is 11.3 Å². The second-order valence-electron chi connectivity index (χ2n) is 4.67. The molecule has 0 N–H and O–H groups in total. The van der Waals surface area contributed by atoms with Gasteiger partial charge in [-0.2, -0.15) is 5.10 Å². The van der Waals surface area contributed by atoms with Crippen molar-refractivity contribution in [2.24, 2.45) is 7.05 Å². The Morgan fingerprint density at radius 1 is 0.895 bits per heavy atom. The van der Waals surface area contributed by atoms with Crippen LogP contribution in [-0.4, -0.2) is 9.78 Å². The molecular weight excluding hydrogens is 232 g/mol. The summed E-state index contributed by atoms with van der Waals surface area (Å²) in [4.78, 5) is 0. The first-order chi connectivity index (χ1) is 9.33. The van der Waals surface area contributed by atoms with Crippen molar-refractivity contribution >= 4 is 0 Å². The van der Waals surface area contributed by atoms with E-state index in [1.807, 2.05) is 23.9 Å². The molecule has 1 aromatic heterocycles. The lowest BCUT2D eigenvalue weighted by Gasteiger charge is -1.99. The van der Waals surface area contributed by atoms with Gasteiger partial charge in [0.2, 0.25) is 0 Å². The maximum absolute atomic E-state index is 4.60. The minimum atomic E-state index is 0.877. The van der Waals surface area contributed by atoms with Crippen LogP contribution in [0.3, 0.4) is 0 Å². The zero-order valence-corrected chi connectivity index (χ0v) is 11.0. The van der Waals surface area contributed by atoms with E-state index in [-0.39, 0.29) is 0 Å². The standard InChI is InChI=1S/C17H16N2/c1-19-17(15-10-6-3-7-11-15)13-16(18-19)12-14-8-4-2-5-9-14/h2-11,13H,12H2,1H3. The third kappa shape index (κ3) is 2.58. The topological polar surface area (TPSA) is 17.8 Å². The Kier molecular flexibility index (Phi) is 3.15. The van der Waals surface area contributed by atoms with Gasteiger partial charge in [0.05, 0.1) is 11.4 Å². The van der Waals surface area contributed by atoms with Gasteiger partial charge in [-0.25, -0.2) is 0 Å². The zero-order chi connectivity index (χ0) is 13.1. The van der Waals surface area contributed by atoms with Crippen molar-refractivity contribution < 1.29 is 0 Å². The Bertz CT molecular complexity index is 654. The highest BCUT2D eigenvalue weighted by atomic mass is 15.3. The van der Waals surface area contributed by atoms with Gasteiger partial charge >= 0.3 is 0 Å². The molecular formula is C17H16N2. The molecule has 19 heavy (non-hydrogen) atoms. The lowest BCUT2D eigenvalue weighted by atomic mass is 10.1. The van der Waals surface area contributed by atoms with Gasteiger partial charge < -0.3 is 0 Å². The smallest absolute Gasteiger partial charge is 0.0681 e. The lowest BCUT2D eigenvalue weighted by molar-refractivity contribution is 0.756. The van der Waals surface area contributed by atoms with Gasteiger partial charge in [-0.05, 0) is 17.2 Å². The Morgan fingerprint density at radius 3 is 2.21 bits per heavy atom. The molecule has 0 atom stereocenters. The summed E-state index contributed by atoms with van der Waals surface area (Å²) in [6.07, 6.45) is 0.877. The van der Waals surface area contributed by atoms with Crippen LogP contribution < -0.4 is 0 Å². The van der Waals surface area contributed by atoms with E-state index in [1.54, 1.807) is 0 Å². The van der Waals surface area contributed by atoms with Crippen molar-refractivity contribution in [1.29, 1.82) is 0 Å². The van der Waals surface area contributed by atoms with Gasteiger partial charge in [0.1, 0.15) is 0 Å². The van der Waals surface area contributed by atoms with Crippen LogP contribution in [0.25, 0.3) is 11.3 Å². The predicted molar refractivity (Wildman–Crippen MR) is 77.9 cm³/mol. The molecule has 3 rings (SSSR count). The van der Waals surface area contributed by atoms with Crippen LogP contribution in [0.15, 0.2) is 66.7 Å². The number of benzene rings is 2. The van der Waals surface area contributed by atoms with E-state index in [1.165, 1.54) is 11.1 Å². The van der Waals surface area contributed by atoms with Crippen molar-refractivity contribution in [2.45, 2.75) is 6.42 Å². The van der Waals surface area contributed by atoms with E-state index in [2.05, 4.69) is 59.7 Å². The average Bonchev–Trinajstić information content (AvgIpc) is 2.82. The fraction of sp³-hybridized carbons (Fsp3) is 0.118. The molecule has 94 valence electrons. The van der Waals surface area contributed by atoms with E-state index < -0.39 is 0 Å². The maximum atomic E-state index is 4.60. The molecule has 0 bridgehead atoms. The van der Waals surface area contributed by atoms with Gasteiger partial charge in [-0.3, -0.25) is 4.68 Å². The quantitative estimate of drug-likeness (QED) is 0.691. The van der Waals surface area contributed by atoms with E-state index in [4.69, 9.17) is 0 Å². The Hall–Kier alpha value is -2.35. The fourth-order valence-corrected chi connectivity index (χ4v) is 2.30. The normalized spacial score (nSPS) is 10.6. The number of hydrogen-bond acceptors (Lipinski definition) is 1. The minimum absolute atomic E-state index is 0.877. The van der Waals surface area contributed by atoms with E-state index in [0.29, 0.717) is 0 Å². The highest BCUT2D eigenvalue weighted by Gasteiger charge is 2.07. The van der Waals surface area contributed by atoms with E-state index >= 15 is 0 Å². The number of rotatable bonds is 3. The first-order valence-electron chi connectivity index (χ1n) is 6.45. The largest absolute Gasteiger partial charge is 0.268 e. The first kappa shape index (κ1) is 11.7. The van der Waals surface area contributed by atoms with Crippen molar-refractivity contribution in [3.63, 3.8) is 0 Å². The Morgan fingerprint density at radius 2 is 1.53 bits per heavy atom. The third-order valence-corrected chi connectivity index (χ3v) is 3.23. The summed E-state index contributed by atoms with van der Waals surface area (Å²) >= 11 is 0. The van der Waals surface area contributed by atoms with Crippen LogP contribution in [0.4, 0.5) is 0 Å². The predicted octanol–water partition coefficient (Wildman–Crippen LogP) is 3.68. The molecule has 0 spiro atoms. The molecule has 1 heterocycles. The molecule has 2 nitrogen and oxygen atoms in total. The highest BCUT2D eigenvalue weighted by molar-refractivity contribution is 5.59. The second-order valence-corrected chi connectivity index (χ2v) is 4.67. The Balaban J connectivity index is 1.90. The fourth-order valence-electron chi connectivity index (χ4n) is 2.30. The van der Waals surface area contributed by atoms with Gasteiger partial charge in [0.25, 0.3) is 0 Å². The summed E-state index contributed by atoms with van der Waals surface area (Å²) in [5.41, 5.74) is 4.76.